The number of piperidine rings is 1. The van der Waals surface area contributed by atoms with Gasteiger partial charge in [-0.2, -0.15) is 4.98 Å². The molecule has 0 radical (unpaired) electrons. The van der Waals surface area contributed by atoms with Gasteiger partial charge in [0.1, 0.15) is 0 Å². The monoisotopic (exact) mass is 292 g/mol. The average Bonchev–Trinajstić information content (AvgIpc) is 3.09. The van der Waals surface area contributed by atoms with Crippen LogP contribution in [0.3, 0.4) is 0 Å². The highest BCUT2D eigenvalue weighted by atomic mass is 32.1. The topological polar surface area (TPSA) is 68.2 Å². The summed E-state index contributed by atoms with van der Waals surface area (Å²) in [5.41, 5.74) is 6.02. The zero-order valence-corrected chi connectivity index (χ0v) is 12.5. The lowest BCUT2D eigenvalue weighted by molar-refractivity contribution is 0.150. The van der Waals surface area contributed by atoms with Crippen molar-refractivity contribution in [3.05, 3.63) is 23.3 Å². The van der Waals surface area contributed by atoms with Crippen LogP contribution in [-0.2, 0) is 6.54 Å². The van der Waals surface area contributed by atoms with Gasteiger partial charge in [0.25, 0.3) is 5.89 Å². The second-order valence-corrected chi connectivity index (χ2v) is 6.44. The molecule has 2 atom stereocenters. The average molecular weight is 292 g/mol. The Kier molecular flexibility index (Phi) is 4.14. The summed E-state index contributed by atoms with van der Waals surface area (Å²) < 4.78 is 5.32. The predicted octanol–water partition coefficient (Wildman–Crippen LogP) is 2.36. The van der Waals surface area contributed by atoms with Crippen LogP contribution in [0.5, 0.6) is 0 Å². The van der Waals surface area contributed by atoms with Gasteiger partial charge in [-0.1, -0.05) is 11.2 Å². The van der Waals surface area contributed by atoms with Crippen molar-refractivity contribution in [2.75, 3.05) is 13.1 Å². The van der Waals surface area contributed by atoms with Crippen LogP contribution in [0.2, 0.25) is 0 Å². The fourth-order valence-electron chi connectivity index (χ4n) is 2.68. The molecule has 6 heteroatoms. The molecule has 20 heavy (non-hydrogen) atoms. The summed E-state index contributed by atoms with van der Waals surface area (Å²) in [7, 11) is 0. The molecular weight excluding hydrogens is 272 g/mol. The molecular formula is C14H20N4OS. The first-order valence-corrected chi connectivity index (χ1v) is 7.95. The fourth-order valence-corrected chi connectivity index (χ4v) is 3.33. The zero-order valence-electron chi connectivity index (χ0n) is 11.7. The Hall–Kier alpha value is -1.24. The largest absolute Gasteiger partial charge is 0.333 e. The molecule has 0 spiro atoms. The highest BCUT2D eigenvalue weighted by molar-refractivity contribution is 7.13. The summed E-state index contributed by atoms with van der Waals surface area (Å²) in [4.78, 5) is 7.88. The van der Waals surface area contributed by atoms with Gasteiger partial charge in [0.15, 0.2) is 5.82 Å². The molecule has 3 heterocycles. The normalized spacial score (nSPS) is 22.0. The summed E-state index contributed by atoms with van der Waals surface area (Å²) in [6.45, 7) is 4.96. The minimum atomic E-state index is 0.254. The number of thiophene rings is 1. The molecule has 1 saturated heterocycles. The van der Waals surface area contributed by atoms with E-state index >= 15 is 0 Å². The van der Waals surface area contributed by atoms with Gasteiger partial charge in [-0.15, -0.1) is 11.3 Å². The molecule has 0 bridgehead atoms. The Balaban J connectivity index is 1.63. The highest BCUT2D eigenvalue weighted by Gasteiger charge is 2.23. The standard InChI is InChI=1S/C14H20N4OS/c1-10(15)11-4-2-6-18(8-11)9-13-16-14(19-17-13)12-5-3-7-20-12/h3,5,7,10-11H,2,4,6,8-9,15H2,1H3. The fraction of sp³-hybridized carbons (Fsp3) is 0.571. The second kappa shape index (κ2) is 6.03. The van der Waals surface area contributed by atoms with Gasteiger partial charge in [0, 0.05) is 12.6 Å². The molecule has 2 N–H and O–H groups in total. The summed E-state index contributed by atoms with van der Waals surface area (Å²) in [5.74, 6) is 1.96. The van der Waals surface area contributed by atoms with Crippen molar-refractivity contribution in [3.63, 3.8) is 0 Å². The van der Waals surface area contributed by atoms with E-state index in [-0.39, 0.29) is 6.04 Å². The molecule has 108 valence electrons. The Bertz CT molecular complexity index is 537. The van der Waals surface area contributed by atoms with Crippen molar-refractivity contribution in [2.45, 2.75) is 32.4 Å². The summed E-state index contributed by atoms with van der Waals surface area (Å²) in [5, 5.41) is 6.09. The van der Waals surface area contributed by atoms with Gasteiger partial charge in [-0.3, -0.25) is 4.90 Å². The van der Waals surface area contributed by atoms with Crippen molar-refractivity contribution in [1.29, 1.82) is 0 Å². The van der Waals surface area contributed by atoms with Crippen LogP contribution in [0.15, 0.2) is 22.0 Å². The second-order valence-electron chi connectivity index (χ2n) is 5.49. The molecule has 0 aromatic carbocycles. The number of likely N-dealkylation sites (tertiary alicyclic amines) is 1. The van der Waals surface area contributed by atoms with Crippen LogP contribution in [-0.4, -0.2) is 34.2 Å². The molecule has 2 unspecified atom stereocenters. The number of rotatable bonds is 4. The van der Waals surface area contributed by atoms with Gasteiger partial charge >= 0.3 is 0 Å². The molecule has 0 aliphatic carbocycles. The summed E-state index contributed by atoms with van der Waals surface area (Å²) in [6, 6.07) is 4.24. The molecule has 5 nitrogen and oxygen atoms in total. The quantitative estimate of drug-likeness (QED) is 0.937. The van der Waals surface area contributed by atoms with E-state index in [0.717, 1.165) is 30.3 Å². The van der Waals surface area contributed by atoms with Crippen LogP contribution in [0.4, 0.5) is 0 Å². The van der Waals surface area contributed by atoms with Crippen molar-refractivity contribution >= 4 is 11.3 Å². The van der Waals surface area contributed by atoms with Gasteiger partial charge in [-0.05, 0) is 43.7 Å². The SMILES string of the molecule is CC(N)C1CCCN(Cc2noc(-c3cccs3)n2)C1. The summed E-state index contributed by atoms with van der Waals surface area (Å²) >= 11 is 1.61. The number of nitrogens with zero attached hydrogens (tertiary/aromatic N) is 3. The van der Waals surface area contributed by atoms with Crippen LogP contribution in [0.25, 0.3) is 10.8 Å². The molecule has 1 aliphatic heterocycles. The maximum atomic E-state index is 6.02. The Morgan fingerprint density at radius 2 is 2.50 bits per heavy atom. The Morgan fingerprint density at radius 1 is 1.60 bits per heavy atom. The van der Waals surface area contributed by atoms with Crippen LogP contribution >= 0.6 is 11.3 Å². The van der Waals surface area contributed by atoms with Crippen molar-refractivity contribution in [2.24, 2.45) is 11.7 Å². The minimum absolute atomic E-state index is 0.254. The lowest BCUT2D eigenvalue weighted by Gasteiger charge is -2.33. The third kappa shape index (κ3) is 3.08. The van der Waals surface area contributed by atoms with Gasteiger partial charge in [-0.25, -0.2) is 0 Å². The van der Waals surface area contributed by atoms with Crippen molar-refractivity contribution < 1.29 is 4.52 Å². The third-order valence-electron chi connectivity index (χ3n) is 3.85. The zero-order chi connectivity index (χ0) is 13.9. The van der Waals surface area contributed by atoms with Crippen molar-refractivity contribution in [3.8, 4) is 10.8 Å². The molecule has 1 aliphatic rings. The maximum Gasteiger partial charge on any atom is 0.268 e. The molecule has 2 aromatic rings. The summed E-state index contributed by atoms with van der Waals surface area (Å²) in [6.07, 6.45) is 2.42. The smallest absolute Gasteiger partial charge is 0.268 e. The van der Waals surface area contributed by atoms with Gasteiger partial charge in [0.2, 0.25) is 0 Å². The lowest BCUT2D eigenvalue weighted by atomic mass is 9.92. The number of nitrogens with two attached hydrogens (primary N) is 1. The van der Waals surface area contributed by atoms with E-state index in [4.69, 9.17) is 10.3 Å². The van der Waals surface area contributed by atoms with E-state index < -0.39 is 0 Å². The first-order valence-electron chi connectivity index (χ1n) is 7.07. The van der Waals surface area contributed by atoms with Crippen LogP contribution in [0, 0.1) is 5.92 Å². The van der Waals surface area contributed by atoms with E-state index in [1.807, 2.05) is 17.5 Å². The van der Waals surface area contributed by atoms with Gasteiger partial charge in [0.05, 0.1) is 11.4 Å². The van der Waals surface area contributed by atoms with Crippen LogP contribution in [0.1, 0.15) is 25.6 Å². The molecule has 3 rings (SSSR count). The van der Waals surface area contributed by atoms with Crippen molar-refractivity contribution in [1.82, 2.24) is 15.0 Å². The highest BCUT2D eigenvalue weighted by Crippen LogP contribution is 2.24. The minimum Gasteiger partial charge on any atom is -0.333 e. The molecule has 0 amide bonds. The van der Waals surface area contributed by atoms with Gasteiger partial charge < -0.3 is 10.3 Å². The first-order chi connectivity index (χ1) is 9.72. The van der Waals surface area contributed by atoms with Crippen LogP contribution < -0.4 is 5.73 Å². The van der Waals surface area contributed by atoms with E-state index in [1.54, 1.807) is 11.3 Å². The van der Waals surface area contributed by atoms with E-state index in [1.165, 1.54) is 12.8 Å². The predicted molar refractivity (Wildman–Crippen MR) is 79.3 cm³/mol. The molecule has 1 fully saturated rings. The maximum absolute atomic E-state index is 6.02. The first kappa shape index (κ1) is 13.7. The Morgan fingerprint density at radius 3 is 3.25 bits per heavy atom. The molecule has 0 saturated carbocycles. The number of aromatic nitrogens is 2. The number of hydrogen-bond donors (Lipinski definition) is 1. The van der Waals surface area contributed by atoms with E-state index in [2.05, 4.69) is 22.0 Å². The third-order valence-corrected chi connectivity index (χ3v) is 4.71. The van der Waals surface area contributed by atoms with E-state index in [0.29, 0.717) is 11.8 Å². The van der Waals surface area contributed by atoms with E-state index in [9.17, 15) is 0 Å². The number of hydrogen-bond acceptors (Lipinski definition) is 6. The lowest BCUT2D eigenvalue weighted by Crippen LogP contribution is -2.42. The molecule has 2 aromatic heterocycles. The Labute approximate surface area is 122 Å².